The van der Waals surface area contributed by atoms with Crippen LogP contribution in [0.4, 0.5) is 30.8 Å². The van der Waals surface area contributed by atoms with Crippen LogP contribution in [-0.2, 0) is 0 Å². The molecule has 1 heterocycles. The number of anilines is 3. The first kappa shape index (κ1) is 19.6. The van der Waals surface area contributed by atoms with E-state index in [1.54, 1.807) is 24.3 Å². The number of nitrogen functional groups attached to an aromatic ring is 1. The van der Waals surface area contributed by atoms with E-state index in [0.29, 0.717) is 5.69 Å². The number of aromatic nitrogens is 3. The Morgan fingerprint density at radius 3 is 2.41 bits per heavy atom. The quantitative estimate of drug-likeness (QED) is 0.621. The lowest BCUT2D eigenvalue weighted by atomic mass is 10.1. The Morgan fingerprint density at radius 2 is 1.72 bits per heavy atom. The van der Waals surface area contributed by atoms with Crippen molar-refractivity contribution in [1.29, 1.82) is 5.26 Å². The number of allylic oxidation sites excluding steroid dienone is 1. The van der Waals surface area contributed by atoms with Crippen molar-refractivity contribution in [2.45, 2.75) is 6.36 Å². The molecular formula is C19H13F3N6O. The van der Waals surface area contributed by atoms with Crippen molar-refractivity contribution in [1.82, 2.24) is 15.0 Å². The minimum absolute atomic E-state index is 0.0259. The fraction of sp³-hybridized carbons (Fsp3) is 0.0526. The van der Waals surface area contributed by atoms with Crippen LogP contribution in [0.3, 0.4) is 0 Å². The minimum atomic E-state index is -4.87. The van der Waals surface area contributed by atoms with Gasteiger partial charge in [-0.05, 0) is 24.3 Å². The van der Waals surface area contributed by atoms with Crippen LogP contribution in [0.25, 0.3) is 11.6 Å². The molecule has 0 amide bonds. The normalized spacial score (nSPS) is 11.6. The monoisotopic (exact) mass is 398 g/mol. The predicted molar refractivity (Wildman–Crippen MR) is 101 cm³/mol. The number of nitrogens with zero attached hydrogens (tertiary/aromatic N) is 4. The summed E-state index contributed by atoms with van der Waals surface area (Å²) in [5.41, 5.74) is 6.28. The number of hydrogen-bond donors (Lipinski definition) is 2. The summed E-state index contributed by atoms with van der Waals surface area (Å²) in [6, 6.07) is 16.2. The van der Waals surface area contributed by atoms with E-state index in [-0.39, 0.29) is 28.9 Å². The number of ether oxygens (including phenoxy) is 1. The second-order valence-electron chi connectivity index (χ2n) is 5.59. The second-order valence-corrected chi connectivity index (χ2v) is 5.59. The SMILES string of the molecule is N#C/C(=C\c1ccccc1OC(F)(F)F)c1nc(N)nc(Nc2ccccc2)n1. The molecule has 146 valence electrons. The summed E-state index contributed by atoms with van der Waals surface area (Å²) in [5.74, 6) is -0.633. The predicted octanol–water partition coefficient (Wildman–Crippen LogP) is 4.16. The molecule has 0 unspecified atom stereocenters. The molecule has 0 aliphatic rings. The van der Waals surface area contributed by atoms with Gasteiger partial charge in [0.1, 0.15) is 11.8 Å². The average molecular weight is 398 g/mol. The highest BCUT2D eigenvalue weighted by Gasteiger charge is 2.31. The van der Waals surface area contributed by atoms with Crippen molar-refractivity contribution in [3.05, 3.63) is 66.0 Å². The Bertz CT molecular complexity index is 1080. The summed E-state index contributed by atoms with van der Waals surface area (Å²) >= 11 is 0. The third-order valence-corrected chi connectivity index (χ3v) is 3.49. The van der Waals surface area contributed by atoms with E-state index in [2.05, 4.69) is 25.0 Å². The van der Waals surface area contributed by atoms with Gasteiger partial charge in [-0.25, -0.2) is 0 Å². The average Bonchev–Trinajstić information content (AvgIpc) is 2.66. The Hall–Kier alpha value is -4.13. The number of nitriles is 1. The van der Waals surface area contributed by atoms with E-state index in [4.69, 9.17) is 5.73 Å². The van der Waals surface area contributed by atoms with Crippen LogP contribution in [0, 0.1) is 11.3 Å². The molecule has 0 spiro atoms. The molecule has 2 aromatic carbocycles. The molecule has 0 aliphatic carbocycles. The molecule has 0 aliphatic heterocycles. The zero-order valence-corrected chi connectivity index (χ0v) is 14.7. The third-order valence-electron chi connectivity index (χ3n) is 3.49. The summed E-state index contributed by atoms with van der Waals surface area (Å²) < 4.78 is 41.8. The fourth-order valence-corrected chi connectivity index (χ4v) is 2.34. The molecule has 10 heteroatoms. The maximum Gasteiger partial charge on any atom is 0.573 e. The summed E-state index contributed by atoms with van der Waals surface area (Å²) in [6.07, 6.45) is -3.69. The maximum atomic E-state index is 12.6. The Labute approximate surface area is 163 Å². The Kier molecular flexibility index (Phi) is 5.59. The highest BCUT2D eigenvalue weighted by molar-refractivity contribution is 5.88. The highest BCUT2D eigenvalue weighted by Crippen LogP contribution is 2.29. The second kappa shape index (κ2) is 8.26. The highest BCUT2D eigenvalue weighted by atomic mass is 19.4. The summed E-state index contributed by atoms with van der Waals surface area (Å²) in [4.78, 5) is 12.0. The Balaban J connectivity index is 1.98. The van der Waals surface area contributed by atoms with Gasteiger partial charge in [0.25, 0.3) is 0 Å². The van der Waals surface area contributed by atoms with Gasteiger partial charge in [-0.3, -0.25) is 0 Å². The maximum absolute atomic E-state index is 12.6. The van der Waals surface area contributed by atoms with E-state index in [1.165, 1.54) is 24.3 Å². The first-order chi connectivity index (χ1) is 13.8. The number of hydrogen-bond acceptors (Lipinski definition) is 7. The number of nitrogens with one attached hydrogen (secondary N) is 1. The van der Waals surface area contributed by atoms with E-state index in [0.717, 1.165) is 6.07 Å². The summed E-state index contributed by atoms with van der Waals surface area (Å²) in [6.45, 7) is 0. The molecule has 0 fully saturated rings. The van der Waals surface area contributed by atoms with Crippen molar-refractivity contribution < 1.29 is 17.9 Å². The molecule has 0 atom stereocenters. The van der Waals surface area contributed by atoms with Gasteiger partial charge in [-0.1, -0.05) is 36.4 Å². The van der Waals surface area contributed by atoms with Gasteiger partial charge in [0.2, 0.25) is 11.9 Å². The van der Waals surface area contributed by atoms with Gasteiger partial charge in [0.15, 0.2) is 5.82 Å². The number of nitrogens with two attached hydrogens (primary N) is 1. The van der Waals surface area contributed by atoms with Crippen LogP contribution in [0.5, 0.6) is 5.75 Å². The molecule has 29 heavy (non-hydrogen) atoms. The van der Waals surface area contributed by atoms with Crippen molar-refractivity contribution in [2.24, 2.45) is 0 Å². The summed E-state index contributed by atoms with van der Waals surface area (Å²) in [5, 5.41) is 12.4. The molecule has 1 aromatic heterocycles. The Morgan fingerprint density at radius 1 is 1.03 bits per heavy atom. The summed E-state index contributed by atoms with van der Waals surface area (Å²) in [7, 11) is 0. The smallest absolute Gasteiger partial charge is 0.405 e. The van der Waals surface area contributed by atoms with Crippen molar-refractivity contribution in [3.63, 3.8) is 0 Å². The molecule has 0 saturated carbocycles. The number of alkyl halides is 3. The van der Waals surface area contributed by atoms with Gasteiger partial charge in [-0.2, -0.15) is 20.2 Å². The number of halogens is 3. The lowest BCUT2D eigenvalue weighted by Crippen LogP contribution is -2.17. The van der Waals surface area contributed by atoms with Crippen LogP contribution < -0.4 is 15.8 Å². The van der Waals surface area contributed by atoms with Gasteiger partial charge < -0.3 is 15.8 Å². The van der Waals surface area contributed by atoms with Crippen molar-refractivity contribution >= 4 is 29.2 Å². The van der Waals surface area contributed by atoms with E-state index in [9.17, 15) is 18.4 Å². The minimum Gasteiger partial charge on any atom is -0.405 e. The van der Waals surface area contributed by atoms with Crippen molar-refractivity contribution in [3.8, 4) is 11.8 Å². The standard InChI is InChI=1S/C19H13F3N6O/c20-19(21,22)29-15-9-5-4-6-12(15)10-13(11-23)16-26-17(24)28-18(27-16)25-14-7-2-1-3-8-14/h1-10H,(H3,24,25,26,27,28)/b13-10+. The van der Waals surface area contributed by atoms with E-state index >= 15 is 0 Å². The topological polar surface area (TPSA) is 110 Å². The molecule has 3 N–H and O–H groups in total. The van der Waals surface area contributed by atoms with Gasteiger partial charge in [-0.15, -0.1) is 13.2 Å². The molecule has 0 bridgehead atoms. The van der Waals surface area contributed by atoms with Crippen molar-refractivity contribution in [2.75, 3.05) is 11.1 Å². The number of rotatable bonds is 5. The van der Waals surface area contributed by atoms with Crippen LogP contribution in [-0.4, -0.2) is 21.3 Å². The van der Waals surface area contributed by atoms with Crippen LogP contribution in [0.1, 0.15) is 11.4 Å². The van der Waals surface area contributed by atoms with Gasteiger partial charge in [0.05, 0.1) is 5.57 Å². The van der Waals surface area contributed by atoms with Crippen LogP contribution >= 0.6 is 0 Å². The van der Waals surface area contributed by atoms with E-state index in [1.807, 2.05) is 12.1 Å². The number of para-hydroxylation sites is 2. The zero-order valence-electron chi connectivity index (χ0n) is 14.7. The van der Waals surface area contributed by atoms with Gasteiger partial charge >= 0.3 is 6.36 Å². The number of benzene rings is 2. The lowest BCUT2D eigenvalue weighted by Gasteiger charge is -2.11. The molecule has 3 aromatic rings. The fourth-order valence-electron chi connectivity index (χ4n) is 2.34. The first-order valence-electron chi connectivity index (χ1n) is 8.14. The molecule has 0 radical (unpaired) electrons. The lowest BCUT2D eigenvalue weighted by molar-refractivity contribution is -0.274. The zero-order chi connectivity index (χ0) is 20.9. The molecule has 3 rings (SSSR count). The molecular weight excluding hydrogens is 385 g/mol. The molecule has 7 nitrogen and oxygen atoms in total. The van der Waals surface area contributed by atoms with E-state index < -0.39 is 12.1 Å². The van der Waals surface area contributed by atoms with Gasteiger partial charge in [0, 0.05) is 11.3 Å². The third kappa shape index (κ3) is 5.43. The first-order valence-corrected chi connectivity index (χ1v) is 8.14. The molecule has 0 saturated heterocycles. The van der Waals surface area contributed by atoms with Crippen LogP contribution in [0.2, 0.25) is 0 Å². The van der Waals surface area contributed by atoms with Crippen LogP contribution in [0.15, 0.2) is 54.6 Å². The largest absolute Gasteiger partial charge is 0.573 e.